The molecule has 1 aromatic heterocycles. The van der Waals surface area contributed by atoms with Crippen LogP contribution in [0, 0.1) is 0 Å². The van der Waals surface area contributed by atoms with Gasteiger partial charge in [-0.15, -0.1) is 0 Å². The number of ether oxygens (including phenoxy) is 1. The molecule has 8 heteroatoms. The van der Waals surface area contributed by atoms with E-state index in [1.54, 1.807) is 6.20 Å². The number of alkyl halides is 3. The van der Waals surface area contributed by atoms with Gasteiger partial charge in [0.1, 0.15) is 5.82 Å². The number of morpholine rings is 1. The van der Waals surface area contributed by atoms with E-state index < -0.39 is 11.7 Å². The lowest BCUT2D eigenvalue weighted by atomic mass is 10.1. The van der Waals surface area contributed by atoms with Gasteiger partial charge in [-0.05, 0) is 17.7 Å². The van der Waals surface area contributed by atoms with Crippen molar-refractivity contribution in [2.75, 3.05) is 39.4 Å². The van der Waals surface area contributed by atoms with Gasteiger partial charge in [0.25, 0.3) is 0 Å². The molecule has 26 heavy (non-hydrogen) atoms. The predicted molar refractivity (Wildman–Crippen MR) is 91.7 cm³/mol. The maximum atomic E-state index is 12.6. The highest BCUT2D eigenvalue weighted by atomic mass is 19.4. The number of nitrogens with zero attached hydrogens (tertiary/aromatic N) is 3. The van der Waals surface area contributed by atoms with Crippen LogP contribution >= 0.6 is 0 Å². The van der Waals surface area contributed by atoms with Crippen molar-refractivity contribution in [1.29, 1.82) is 0 Å². The lowest BCUT2D eigenvalue weighted by molar-refractivity contribution is -0.137. The number of benzene rings is 1. The second kappa shape index (κ2) is 8.66. The van der Waals surface area contributed by atoms with Crippen molar-refractivity contribution >= 4 is 0 Å². The Hall–Kier alpha value is -1.90. The summed E-state index contributed by atoms with van der Waals surface area (Å²) < 4.78 is 45.2. The number of hydrogen-bond acceptors (Lipinski definition) is 4. The van der Waals surface area contributed by atoms with Crippen molar-refractivity contribution in [3.8, 4) is 0 Å². The highest BCUT2D eigenvalue weighted by Gasteiger charge is 2.29. The zero-order chi connectivity index (χ0) is 18.4. The van der Waals surface area contributed by atoms with Crippen molar-refractivity contribution in [2.24, 2.45) is 0 Å². The number of imidazole rings is 1. The van der Waals surface area contributed by atoms with Crippen LogP contribution < -0.4 is 5.32 Å². The van der Waals surface area contributed by atoms with E-state index in [9.17, 15) is 13.2 Å². The highest BCUT2D eigenvalue weighted by molar-refractivity contribution is 5.25. The molecular weight excluding hydrogens is 345 g/mol. The Balaban J connectivity index is 1.48. The van der Waals surface area contributed by atoms with Crippen LogP contribution in [0.2, 0.25) is 0 Å². The highest BCUT2D eigenvalue weighted by Crippen LogP contribution is 2.29. The smallest absolute Gasteiger partial charge is 0.379 e. The molecule has 0 amide bonds. The molecule has 0 saturated carbocycles. The third kappa shape index (κ3) is 5.30. The lowest BCUT2D eigenvalue weighted by Crippen LogP contribution is -2.40. The number of halogens is 3. The van der Waals surface area contributed by atoms with Gasteiger partial charge in [0.2, 0.25) is 0 Å². The molecule has 0 bridgehead atoms. The van der Waals surface area contributed by atoms with E-state index in [4.69, 9.17) is 4.74 Å². The third-order valence-electron chi connectivity index (χ3n) is 4.43. The summed E-state index contributed by atoms with van der Waals surface area (Å²) in [5, 5.41) is 3.38. The summed E-state index contributed by atoms with van der Waals surface area (Å²) in [4.78, 5) is 6.69. The minimum atomic E-state index is -4.30. The SMILES string of the molecule is FC(F)(F)c1ccc(Cn2ccnc2CNCCN2CCOCC2)cc1. The average Bonchev–Trinajstić information content (AvgIpc) is 3.06. The Morgan fingerprint density at radius 3 is 2.54 bits per heavy atom. The molecule has 3 rings (SSSR count). The summed E-state index contributed by atoms with van der Waals surface area (Å²) in [5.74, 6) is 0.867. The molecule has 0 aliphatic carbocycles. The van der Waals surface area contributed by atoms with E-state index in [2.05, 4.69) is 15.2 Å². The first-order chi connectivity index (χ1) is 12.5. The molecule has 2 aromatic rings. The van der Waals surface area contributed by atoms with Crippen LogP contribution in [0.15, 0.2) is 36.7 Å². The van der Waals surface area contributed by atoms with Gasteiger partial charge in [-0.25, -0.2) is 4.98 Å². The Labute approximate surface area is 150 Å². The van der Waals surface area contributed by atoms with E-state index in [0.717, 1.165) is 62.9 Å². The molecule has 1 fully saturated rings. The minimum Gasteiger partial charge on any atom is -0.379 e. The molecule has 1 N–H and O–H groups in total. The van der Waals surface area contributed by atoms with Gasteiger partial charge in [-0.1, -0.05) is 12.1 Å². The Morgan fingerprint density at radius 1 is 1.12 bits per heavy atom. The molecule has 0 spiro atoms. The molecule has 1 saturated heterocycles. The number of rotatable bonds is 7. The van der Waals surface area contributed by atoms with Crippen molar-refractivity contribution in [2.45, 2.75) is 19.3 Å². The molecular formula is C18H23F3N4O. The lowest BCUT2D eigenvalue weighted by Gasteiger charge is -2.26. The van der Waals surface area contributed by atoms with Crippen LogP contribution in [0.25, 0.3) is 0 Å². The molecule has 142 valence electrons. The number of hydrogen-bond donors (Lipinski definition) is 1. The maximum Gasteiger partial charge on any atom is 0.416 e. The van der Waals surface area contributed by atoms with Crippen molar-refractivity contribution in [1.82, 2.24) is 19.8 Å². The molecule has 0 unspecified atom stereocenters. The second-order valence-electron chi connectivity index (χ2n) is 6.30. The minimum absolute atomic E-state index is 0.499. The third-order valence-corrected chi connectivity index (χ3v) is 4.43. The average molecular weight is 368 g/mol. The Bertz CT molecular complexity index is 678. The zero-order valence-corrected chi connectivity index (χ0v) is 14.5. The van der Waals surface area contributed by atoms with Gasteiger partial charge < -0.3 is 14.6 Å². The second-order valence-corrected chi connectivity index (χ2v) is 6.30. The van der Waals surface area contributed by atoms with Crippen molar-refractivity contribution in [3.63, 3.8) is 0 Å². The summed E-state index contributed by atoms with van der Waals surface area (Å²) in [6.45, 7) is 6.44. The number of aromatic nitrogens is 2. The van der Waals surface area contributed by atoms with E-state index in [1.807, 2.05) is 10.8 Å². The first kappa shape index (κ1) is 18.9. The summed E-state index contributed by atoms with van der Waals surface area (Å²) in [5.41, 5.74) is 0.183. The van der Waals surface area contributed by atoms with Crippen LogP contribution in [0.1, 0.15) is 17.0 Å². The first-order valence-electron chi connectivity index (χ1n) is 8.69. The summed E-state index contributed by atoms with van der Waals surface area (Å²) in [6.07, 6.45) is -0.747. The van der Waals surface area contributed by atoms with Gasteiger partial charge in [0.15, 0.2) is 0 Å². The first-order valence-corrected chi connectivity index (χ1v) is 8.69. The summed E-state index contributed by atoms with van der Waals surface area (Å²) in [6, 6.07) is 5.26. The van der Waals surface area contributed by atoms with Gasteiger partial charge >= 0.3 is 6.18 Å². The van der Waals surface area contributed by atoms with Gasteiger partial charge in [-0.3, -0.25) is 4.90 Å². The van der Waals surface area contributed by atoms with Crippen molar-refractivity contribution < 1.29 is 17.9 Å². The Kier molecular flexibility index (Phi) is 6.29. The van der Waals surface area contributed by atoms with Crippen LogP contribution in [-0.4, -0.2) is 53.8 Å². The standard InChI is InChI=1S/C18H23F3N4O/c19-18(20,21)16-3-1-15(2-4-16)14-25-8-6-23-17(25)13-22-5-7-24-9-11-26-12-10-24/h1-4,6,8,22H,5,7,9-14H2. The molecule has 1 aliphatic rings. The van der Waals surface area contributed by atoms with Crippen molar-refractivity contribution in [3.05, 3.63) is 53.6 Å². The maximum absolute atomic E-state index is 12.6. The fraction of sp³-hybridized carbons (Fsp3) is 0.500. The molecule has 1 aliphatic heterocycles. The zero-order valence-electron chi connectivity index (χ0n) is 14.5. The molecule has 1 aromatic carbocycles. The molecule has 2 heterocycles. The molecule has 0 atom stereocenters. The number of nitrogens with one attached hydrogen (secondary N) is 1. The summed E-state index contributed by atoms with van der Waals surface area (Å²) >= 11 is 0. The quantitative estimate of drug-likeness (QED) is 0.762. The predicted octanol–water partition coefficient (Wildman–Crippen LogP) is 2.37. The van der Waals surface area contributed by atoms with Crippen LogP contribution in [0.3, 0.4) is 0 Å². The van der Waals surface area contributed by atoms with E-state index in [1.165, 1.54) is 12.1 Å². The Morgan fingerprint density at radius 2 is 1.85 bits per heavy atom. The fourth-order valence-electron chi connectivity index (χ4n) is 2.91. The van der Waals surface area contributed by atoms with E-state index >= 15 is 0 Å². The van der Waals surface area contributed by atoms with E-state index in [0.29, 0.717) is 13.1 Å². The van der Waals surface area contributed by atoms with Gasteiger partial charge in [0.05, 0.1) is 25.3 Å². The van der Waals surface area contributed by atoms with E-state index in [-0.39, 0.29) is 0 Å². The van der Waals surface area contributed by atoms with Crippen LogP contribution in [-0.2, 0) is 24.0 Å². The van der Waals surface area contributed by atoms with Crippen LogP contribution in [0.4, 0.5) is 13.2 Å². The van der Waals surface area contributed by atoms with Gasteiger partial charge in [0, 0.05) is 45.1 Å². The normalized spacial score (nSPS) is 16.1. The topological polar surface area (TPSA) is 42.3 Å². The largest absolute Gasteiger partial charge is 0.416 e. The molecule has 0 radical (unpaired) electrons. The van der Waals surface area contributed by atoms with Gasteiger partial charge in [-0.2, -0.15) is 13.2 Å². The molecule has 5 nitrogen and oxygen atoms in total. The monoisotopic (exact) mass is 368 g/mol. The summed E-state index contributed by atoms with van der Waals surface area (Å²) in [7, 11) is 0. The van der Waals surface area contributed by atoms with Crippen LogP contribution in [0.5, 0.6) is 0 Å². The fourth-order valence-corrected chi connectivity index (χ4v) is 2.91.